The maximum atomic E-state index is 14.2. The van der Waals surface area contributed by atoms with Crippen molar-refractivity contribution in [3.63, 3.8) is 0 Å². The Morgan fingerprint density at radius 3 is 2.29 bits per heavy atom. The summed E-state index contributed by atoms with van der Waals surface area (Å²) < 4.78 is 56.5. The van der Waals surface area contributed by atoms with Crippen LogP contribution in [-0.2, 0) is 0 Å². The first kappa shape index (κ1) is 17.7. The van der Waals surface area contributed by atoms with E-state index in [-0.39, 0.29) is 22.6 Å². The van der Waals surface area contributed by atoms with Crippen LogP contribution in [0.2, 0.25) is 0 Å². The average molecular weight is 385 g/mol. The summed E-state index contributed by atoms with van der Waals surface area (Å²) in [5, 5.41) is 6.87. The van der Waals surface area contributed by atoms with Gasteiger partial charge in [-0.1, -0.05) is 6.07 Å². The van der Waals surface area contributed by atoms with Crippen LogP contribution in [0.5, 0.6) is 0 Å². The van der Waals surface area contributed by atoms with Crippen molar-refractivity contribution in [3.05, 3.63) is 94.3 Å². The highest BCUT2D eigenvalue weighted by atomic mass is 19.1. The summed E-state index contributed by atoms with van der Waals surface area (Å²) in [6.07, 6.45) is 1.33. The number of fused-ring (bicyclic) bond motifs is 1. The lowest BCUT2D eigenvalue weighted by atomic mass is 10.0. The van der Waals surface area contributed by atoms with Crippen LogP contribution in [0.15, 0.2) is 65.6 Å². The Morgan fingerprint density at radius 1 is 0.821 bits per heavy atom. The third-order valence-electron chi connectivity index (χ3n) is 4.14. The highest BCUT2D eigenvalue weighted by Crippen LogP contribution is 2.27. The molecule has 2 aromatic heterocycles. The highest BCUT2D eigenvalue weighted by molar-refractivity contribution is 5.81. The predicted molar refractivity (Wildman–Crippen MR) is 96.5 cm³/mol. The van der Waals surface area contributed by atoms with Gasteiger partial charge in [0.2, 0.25) is 0 Å². The number of nitrogens with zero attached hydrogens (tertiary/aromatic N) is 2. The van der Waals surface area contributed by atoms with E-state index in [1.807, 2.05) is 0 Å². The van der Waals surface area contributed by atoms with E-state index in [0.29, 0.717) is 0 Å². The lowest BCUT2D eigenvalue weighted by molar-refractivity contribution is 0.585. The third-order valence-corrected chi connectivity index (χ3v) is 4.14. The molecule has 1 N–H and O–H groups in total. The van der Waals surface area contributed by atoms with E-state index in [0.717, 1.165) is 30.3 Å². The van der Waals surface area contributed by atoms with Crippen molar-refractivity contribution in [2.24, 2.45) is 0 Å². The summed E-state index contributed by atoms with van der Waals surface area (Å²) in [5.41, 5.74) is -1.03. The number of anilines is 2. The summed E-state index contributed by atoms with van der Waals surface area (Å²) in [4.78, 5) is 12.3. The zero-order valence-electron chi connectivity index (χ0n) is 14.1. The Balaban J connectivity index is 1.84. The zero-order valence-corrected chi connectivity index (χ0v) is 14.1. The van der Waals surface area contributed by atoms with Crippen LogP contribution in [0.1, 0.15) is 0 Å². The molecule has 8 heteroatoms. The van der Waals surface area contributed by atoms with Crippen molar-refractivity contribution >= 4 is 17.0 Å². The van der Waals surface area contributed by atoms with Gasteiger partial charge < -0.3 is 5.32 Å². The van der Waals surface area contributed by atoms with Gasteiger partial charge in [-0.25, -0.2) is 22.1 Å². The zero-order chi connectivity index (χ0) is 19.8. The summed E-state index contributed by atoms with van der Waals surface area (Å²) in [6, 6.07) is 10.3. The minimum absolute atomic E-state index is 0.00494. The van der Waals surface area contributed by atoms with E-state index in [2.05, 4.69) is 10.4 Å². The van der Waals surface area contributed by atoms with Crippen LogP contribution >= 0.6 is 0 Å². The lowest BCUT2D eigenvalue weighted by Gasteiger charge is -2.11. The van der Waals surface area contributed by atoms with Gasteiger partial charge in [-0.05, 0) is 36.4 Å². The van der Waals surface area contributed by atoms with Gasteiger partial charge in [0.25, 0.3) is 0 Å². The standard InChI is InChI=1S/C20H11F4N3O/c21-11-4-5-15(14(24)10-11)25-18-7-6-16-20(17(28)8-9-27(16)26-18)19-12(22)2-1-3-13(19)23/h1-10H,(H,25,26). The van der Waals surface area contributed by atoms with E-state index < -0.39 is 34.3 Å². The molecule has 2 heterocycles. The first-order valence-corrected chi connectivity index (χ1v) is 8.13. The van der Waals surface area contributed by atoms with Crippen molar-refractivity contribution in [1.29, 1.82) is 0 Å². The van der Waals surface area contributed by atoms with Gasteiger partial charge in [-0.2, -0.15) is 5.10 Å². The Labute approximate surface area is 155 Å². The lowest BCUT2D eigenvalue weighted by Crippen LogP contribution is -2.11. The molecule has 4 aromatic rings. The molecule has 0 fully saturated rings. The first-order chi connectivity index (χ1) is 13.4. The van der Waals surface area contributed by atoms with Crippen LogP contribution in [0, 0.1) is 23.3 Å². The first-order valence-electron chi connectivity index (χ1n) is 8.13. The van der Waals surface area contributed by atoms with Crippen LogP contribution in [0.25, 0.3) is 16.6 Å². The summed E-state index contributed by atoms with van der Waals surface area (Å²) in [5.74, 6) is -3.09. The van der Waals surface area contributed by atoms with Gasteiger partial charge in [0.1, 0.15) is 23.3 Å². The second-order valence-corrected chi connectivity index (χ2v) is 5.95. The molecule has 0 radical (unpaired) electrons. The molecule has 0 aliphatic rings. The SMILES string of the molecule is O=c1ccn2nc(Nc3ccc(F)cc3F)ccc2c1-c1c(F)cccc1F. The molecule has 0 aliphatic carbocycles. The Bertz CT molecular complexity index is 1250. The van der Waals surface area contributed by atoms with Gasteiger partial charge in [0.15, 0.2) is 11.2 Å². The number of hydrogen-bond donors (Lipinski definition) is 1. The molecular weight excluding hydrogens is 374 g/mol. The molecule has 4 rings (SSSR count). The van der Waals surface area contributed by atoms with Crippen LogP contribution in [0.3, 0.4) is 0 Å². The quantitative estimate of drug-likeness (QED) is 0.522. The second kappa shape index (κ2) is 6.80. The Morgan fingerprint density at radius 2 is 1.57 bits per heavy atom. The largest absolute Gasteiger partial charge is 0.336 e. The summed E-state index contributed by atoms with van der Waals surface area (Å²) >= 11 is 0. The Kier molecular flexibility index (Phi) is 4.31. The van der Waals surface area contributed by atoms with E-state index in [9.17, 15) is 22.4 Å². The van der Waals surface area contributed by atoms with E-state index in [1.54, 1.807) is 0 Å². The van der Waals surface area contributed by atoms with Crippen LogP contribution < -0.4 is 10.7 Å². The Hall–Kier alpha value is -3.68. The summed E-state index contributed by atoms with van der Waals surface area (Å²) in [6.45, 7) is 0. The monoisotopic (exact) mass is 385 g/mol. The molecular formula is C20H11F4N3O. The van der Waals surface area contributed by atoms with Crippen LogP contribution in [-0.4, -0.2) is 9.61 Å². The van der Waals surface area contributed by atoms with Gasteiger partial charge in [-0.15, -0.1) is 0 Å². The van der Waals surface area contributed by atoms with Crippen LogP contribution in [0.4, 0.5) is 29.1 Å². The molecule has 0 aliphatic heterocycles. The van der Waals surface area contributed by atoms with E-state index in [1.165, 1.54) is 35.0 Å². The number of halogens is 4. The number of pyridine rings is 1. The fourth-order valence-electron chi connectivity index (χ4n) is 2.88. The predicted octanol–water partition coefficient (Wildman–Crippen LogP) is 4.66. The fourth-order valence-corrected chi connectivity index (χ4v) is 2.88. The number of aromatic nitrogens is 2. The number of rotatable bonds is 3. The third kappa shape index (κ3) is 3.09. The number of hydrogen-bond acceptors (Lipinski definition) is 3. The summed E-state index contributed by atoms with van der Waals surface area (Å²) in [7, 11) is 0. The molecule has 0 saturated heterocycles. The number of benzene rings is 2. The molecule has 0 spiro atoms. The molecule has 28 heavy (non-hydrogen) atoms. The van der Waals surface area contributed by atoms with Gasteiger partial charge >= 0.3 is 0 Å². The average Bonchev–Trinajstić information content (AvgIpc) is 2.65. The van der Waals surface area contributed by atoms with Crippen molar-refractivity contribution in [2.45, 2.75) is 0 Å². The minimum atomic E-state index is -0.874. The van der Waals surface area contributed by atoms with Gasteiger partial charge in [-0.3, -0.25) is 4.79 Å². The molecule has 0 atom stereocenters. The molecule has 140 valence electrons. The minimum Gasteiger partial charge on any atom is -0.336 e. The topological polar surface area (TPSA) is 46.4 Å². The smallest absolute Gasteiger partial charge is 0.190 e. The second-order valence-electron chi connectivity index (χ2n) is 5.95. The van der Waals surface area contributed by atoms with Gasteiger partial charge in [0, 0.05) is 18.3 Å². The molecule has 2 aromatic carbocycles. The maximum absolute atomic E-state index is 14.2. The highest BCUT2D eigenvalue weighted by Gasteiger charge is 2.18. The van der Waals surface area contributed by atoms with Crippen molar-refractivity contribution in [3.8, 4) is 11.1 Å². The molecule has 0 unspecified atom stereocenters. The maximum Gasteiger partial charge on any atom is 0.190 e. The van der Waals surface area contributed by atoms with E-state index >= 15 is 0 Å². The van der Waals surface area contributed by atoms with Gasteiger partial charge in [0.05, 0.1) is 22.3 Å². The van der Waals surface area contributed by atoms with Crippen molar-refractivity contribution in [1.82, 2.24) is 9.61 Å². The molecule has 0 amide bonds. The van der Waals surface area contributed by atoms with E-state index in [4.69, 9.17) is 0 Å². The normalized spacial score (nSPS) is 11.0. The molecule has 0 bridgehead atoms. The van der Waals surface area contributed by atoms with Crippen molar-refractivity contribution < 1.29 is 17.6 Å². The molecule has 0 saturated carbocycles. The van der Waals surface area contributed by atoms with Crippen molar-refractivity contribution in [2.75, 3.05) is 5.32 Å². The molecule has 4 nitrogen and oxygen atoms in total. The number of nitrogens with one attached hydrogen (secondary N) is 1. The fraction of sp³-hybridized carbons (Fsp3) is 0.